The van der Waals surface area contributed by atoms with Crippen molar-refractivity contribution in [3.63, 3.8) is 0 Å². The van der Waals surface area contributed by atoms with Crippen molar-refractivity contribution in [3.8, 4) is 0 Å². The molecule has 0 aliphatic carbocycles. The molecule has 3 N–H and O–H groups in total. The zero-order valence-electron chi connectivity index (χ0n) is 14.2. The Bertz CT molecular complexity index is 651. The third kappa shape index (κ3) is 5.34. The molecule has 1 aromatic carbocycles. The summed E-state index contributed by atoms with van der Waals surface area (Å²) in [6.45, 7) is 3.87. The average molecular weight is 340 g/mol. The molecule has 2 aromatic rings. The Morgan fingerprint density at radius 1 is 1.16 bits per heavy atom. The first-order valence-electron chi connectivity index (χ1n) is 8.63. The fourth-order valence-corrected chi connectivity index (χ4v) is 2.93. The van der Waals surface area contributed by atoms with Gasteiger partial charge in [0.1, 0.15) is 5.82 Å². The maximum atomic E-state index is 11.9. The third-order valence-electron chi connectivity index (χ3n) is 4.24. The van der Waals surface area contributed by atoms with Crippen molar-refractivity contribution in [3.05, 3.63) is 48.9 Å². The SMILES string of the molecule is O=C(NCCNc1cnccn1)NC[C@@H]1CCN(c2ccccc2)C1. The van der Waals surface area contributed by atoms with E-state index in [2.05, 4.69) is 55.1 Å². The molecule has 0 spiro atoms. The van der Waals surface area contributed by atoms with Gasteiger partial charge in [0, 0.05) is 50.8 Å². The minimum atomic E-state index is -0.126. The maximum Gasteiger partial charge on any atom is 0.314 e. The molecule has 7 nitrogen and oxygen atoms in total. The van der Waals surface area contributed by atoms with Crippen LogP contribution in [0.1, 0.15) is 6.42 Å². The molecule has 1 saturated heterocycles. The van der Waals surface area contributed by atoms with E-state index in [1.54, 1.807) is 18.6 Å². The van der Waals surface area contributed by atoms with Crippen molar-refractivity contribution in [2.45, 2.75) is 6.42 Å². The predicted octanol–water partition coefficient (Wildman–Crippen LogP) is 1.71. The molecule has 3 rings (SSSR count). The van der Waals surface area contributed by atoms with E-state index in [1.807, 2.05) is 6.07 Å². The summed E-state index contributed by atoms with van der Waals surface area (Å²) in [5, 5.41) is 8.91. The zero-order valence-corrected chi connectivity index (χ0v) is 14.2. The van der Waals surface area contributed by atoms with Crippen molar-refractivity contribution in [2.75, 3.05) is 42.9 Å². The van der Waals surface area contributed by atoms with Crippen molar-refractivity contribution in [2.24, 2.45) is 5.92 Å². The van der Waals surface area contributed by atoms with Crippen LogP contribution in [-0.2, 0) is 0 Å². The predicted molar refractivity (Wildman–Crippen MR) is 98.7 cm³/mol. The number of benzene rings is 1. The Kier molecular flexibility index (Phi) is 6.03. The molecule has 1 fully saturated rings. The summed E-state index contributed by atoms with van der Waals surface area (Å²) in [7, 11) is 0. The lowest BCUT2D eigenvalue weighted by atomic mass is 10.1. The molecule has 2 amide bonds. The number of nitrogens with zero attached hydrogens (tertiary/aromatic N) is 3. The van der Waals surface area contributed by atoms with Crippen molar-refractivity contribution >= 4 is 17.5 Å². The minimum absolute atomic E-state index is 0.126. The molecule has 7 heteroatoms. The van der Waals surface area contributed by atoms with Gasteiger partial charge in [-0.05, 0) is 24.5 Å². The second-order valence-corrected chi connectivity index (χ2v) is 6.09. The number of hydrogen-bond donors (Lipinski definition) is 3. The minimum Gasteiger partial charge on any atom is -0.371 e. The lowest BCUT2D eigenvalue weighted by molar-refractivity contribution is 0.239. The molecule has 1 aliphatic heterocycles. The molecule has 1 aromatic heterocycles. The molecule has 1 aliphatic rings. The number of aromatic nitrogens is 2. The van der Waals surface area contributed by atoms with Gasteiger partial charge in [0.25, 0.3) is 0 Å². The number of hydrogen-bond acceptors (Lipinski definition) is 5. The van der Waals surface area contributed by atoms with Gasteiger partial charge in [0.2, 0.25) is 0 Å². The van der Waals surface area contributed by atoms with Crippen LogP contribution < -0.4 is 20.9 Å². The monoisotopic (exact) mass is 340 g/mol. The second-order valence-electron chi connectivity index (χ2n) is 6.09. The number of carbonyl (C=O) groups is 1. The third-order valence-corrected chi connectivity index (χ3v) is 4.24. The van der Waals surface area contributed by atoms with Gasteiger partial charge in [-0.25, -0.2) is 9.78 Å². The first-order valence-corrected chi connectivity index (χ1v) is 8.63. The first kappa shape index (κ1) is 17.0. The van der Waals surface area contributed by atoms with Crippen LogP contribution in [0, 0.1) is 5.92 Å². The van der Waals surface area contributed by atoms with Crippen LogP contribution in [-0.4, -0.2) is 48.7 Å². The lowest BCUT2D eigenvalue weighted by Gasteiger charge is -2.18. The Morgan fingerprint density at radius 3 is 2.84 bits per heavy atom. The Labute approximate surface area is 147 Å². The van der Waals surface area contributed by atoms with E-state index in [0.29, 0.717) is 31.4 Å². The maximum absolute atomic E-state index is 11.9. The van der Waals surface area contributed by atoms with Crippen molar-refractivity contribution < 1.29 is 4.79 Å². The standard InChI is InChI=1S/C18H24N6O/c25-18(22-10-9-21-17-13-19-7-8-20-17)23-12-15-6-11-24(14-15)16-4-2-1-3-5-16/h1-5,7-8,13,15H,6,9-12,14H2,(H,20,21)(H2,22,23,25)/t15-/m0/s1. The fraction of sp³-hybridized carbons (Fsp3) is 0.389. The van der Waals surface area contributed by atoms with Crippen LogP contribution in [0.2, 0.25) is 0 Å². The van der Waals surface area contributed by atoms with Gasteiger partial charge in [0.05, 0.1) is 6.20 Å². The average Bonchev–Trinajstić information content (AvgIpc) is 3.14. The van der Waals surface area contributed by atoms with E-state index in [-0.39, 0.29) is 6.03 Å². The van der Waals surface area contributed by atoms with E-state index in [0.717, 1.165) is 19.5 Å². The van der Waals surface area contributed by atoms with E-state index >= 15 is 0 Å². The summed E-state index contributed by atoms with van der Waals surface area (Å²) in [6.07, 6.45) is 6.00. The van der Waals surface area contributed by atoms with E-state index in [4.69, 9.17) is 0 Å². The quantitative estimate of drug-likeness (QED) is 0.669. The highest BCUT2D eigenvalue weighted by Crippen LogP contribution is 2.22. The van der Waals surface area contributed by atoms with Gasteiger partial charge in [0.15, 0.2) is 0 Å². The zero-order chi connectivity index (χ0) is 17.3. The number of nitrogens with one attached hydrogen (secondary N) is 3. The molecule has 0 radical (unpaired) electrons. The topological polar surface area (TPSA) is 82.2 Å². The van der Waals surface area contributed by atoms with E-state index < -0.39 is 0 Å². The molecule has 0 bridgehead atoms. The van der Waals surface area contributed by atoms with Gasteiger partial charge < -0.3 is 20.9 Å². The van der Waals surface area contributed by atoms with Crippen LogP contribution in [0.4, 0.5) is 16.3 Å². The lowest BCUT2D eigenvalue weighted by Crippen LogP contribution is -2.40. The van der Waals surface area contributed by atoms with Crippen LogP contribution in [0.5, 0.6) is 0 Å². The van der Waals surface area contributed by atoms with Gasteiger partial charge in [-0.15, -0.1) is 0 Å². The molecule has 25 heavy (non-hydrogen) atoms. The highest BCUT2D eigenvalue weighted by Gasteiger charge is 2.22. The van der Waals surface area contributed by atoms with E-state index in [9.17, 15) is 4.79 Å². The van der Waals surface area contributed by atoms with Crippen LogP contribution in [0.25, 0.3) is 0 Å². The number of urea groups is 1. The van der Waals surface area contributed by atoms with E-state index in [1.165, 1.54) is 5.69 Å². The summed E-state index contributed by atoms with van der Waals surface area (Å²) in [4.78, 5) is 22.3. The summed E-state index contributed by atoms with van der Waals surface area (Å²) in [5.74, 6) is 1.19. The highest BCUT2D eigenvalue weighted by atomic mass is 16.2. The normalized spacial score (nSPS) is 16.5. The van der Waals surface area contributed by atoms with Crippen molar-refractivity contribution in [1.82, 2.24) is 20.6 Å². The molecule has 0 saturated carbocycles. The van der Waals surface area contributed by atoms with Crippen LogP contribution in [0.3, 0.4) is 0 Å². The summed E-state index contributed by atoms with van der Waals surface area (Å²) in [5.41, 5.74) is 1.25. The largest absolute Gasteiger partial charge is 0.371 e. The number of rotatable bonds is 7. The van der Waals surface area contributed by atoms with Gasteiger partial charge in [-0.2, -0.15) is 0 Å². The number of anilines is 2. The molecule has 2 heterocycles. The van der Waals surface area contributed by atoms with Gasteiger partial charge in [-0.1, -0.05) is 18.2 Å². The van der Waals surface area contributed by atoms with Crippen LogP contribution >= 0.6 is 0 Å². The number of para-hydroxylation sites is 1. The molecular formula is C18H24N6O. The summed E-state index contributed by atoms with van der Waals surface area (Å²) >= 11 is 0. The van der Waals surface area contributed by atoms with Gasteiger partial charge in [-0.3, -0.25) is 4.98 Å². The Hall–Kier alpha value is -2.83. The number of amides is 2. The summed E-state index contributed by atoms with van der Waals surface area (Å²) < 4.78 is 0. The molecular weight excluding hydrogens is 316 g/mol. The summed E-state index contributed by atoms with van der Waals surface area (Å²) in [6, 6.07) is 10.3. The highest BCUT2D eigenvalue weighted by molar-refractivity contribution is 5.73. The molecule has 132 valence electrons. The smallest absolute Gasteiger partial charge is 0.314 e. The Balaban J connectivity index is 1.29. The number of carbonyl (C=O) groups excluding carboxylic acids is 1. The fourth-order valence-electron chi connectivity index (χ4n) is 2.93. The molecule has 0 unspecified atom stereocenters. The van der Waals surface area contributed by atoms with Gasteiger partial charge >= 0.3 is 6.03 Å². The van der Waals surface area contributed by atoms with Crippen molar-refractivity contribution in [1.29, 1.82) is 0 Å². The first-order chi connectivity index (χ1) is 12.3. The van der Waals surface area contributed by atoms with Crippen LogP contribution in [0.15, 0.2) is 48.9 Å². The second kappa shape index (κ2) is 8.86. The molecule has 1 atom stereocenters. The Morgan fingerprint density at radius 2 is 2.04 bits per heavy atom.